The van der Waals surface area contributed by atoms with Crippen molar-refractivity contribution < 1.29 is 18.6 Å². The van der Waals surface area contributed by atoms with Crippen LogP contribution in [0, 0.1) is 0 Å². The molecule has 0 saturated carbocycles. The van der Waals surface area contributed by atoms with Crippen LogP contribution in [0.3, 0.4) is 0 Å². The van der Waals surface area contributed by atoms with Gasteiger partial charge in [0.25, 0.3) is 0 Å². The lowest BCUT2D eigenvalue weighted by atomic mass is 10.1. The molecule has 0 bridgehead atoms. The van der Waals surface area contributed by atoms with Gasteiger partial charge in [-0.1, -0.05) is 49.3 Å². The molecule has 0 amide bonds. The highest BCUT2D eigenvalue weighted by Gasteiger charge is 2.04. The molecule has 1 unspecified atom stereocenters. The zero-order valence-electron chi connectivity index (χ0n) is 17.0. The summed E-state index contributed by atoms with van der Waals surface area (Å²) in [5.74, 6) is 0. The fourth-order valence-corrected chi connectivity index (χ4v) is 3.54. The third kappa shape index (κ3) is 8.50. The lowest BCUT2D eigenvalue weighted by Gasteiger charge is -2.17. The Kier molecular flexibility index (Phi) is 10.7. The molecule has 0 saturated heterocycles. The van der Waals surface area contributed by atoms with Crippen LogP contribution >= 0.6 is 0 Å². The molecule has 5 nitrogen and oxygen atoms in total. The molecular formula is C23H31NO4S. The average molecular weight is 418 g/mol. The normalized spacial score (nSPS) is 12.4. The minimum absolute atomic E-state index is 0.134. The monoisotopic (exact) mass is 417 g/mol. The molecule has 2 aromatic carbocycles. The molecule has 0 radical (unpaired) electrons. The number of aliphatic hydroxyl groups is 2. The molecule has 158 valence electrons. The van der Waals surface area contributed by atoms with Crippen LogP contribution in [-0.4, -0.2) is 47.8 Å². The minimum Gasteiger partial charge on any atom is -0.396 e. The SMILES string of the molecule is CN(CCO)c1ccc(/C=C/c2ccc(S(=O)OCCCCCCO)cc2)cc1. The molecule has 2 N–H and O–H groups in total. The van der Waals surface area contributed by atoms with Crippen molar-refractivity contribution in [3.8, 4) is 0 Å². The number of nitrogens with zero attached hydrogens (tertiary/aromatic N) is 1. The third-order valence-electron chi connectivity index (χ3n) is 4.55. The van der Waals surface area contributed by atoms with Gasteiger partial charge in [0, 0.05) is 25.9 Å². The molecule has 1 atom stereocenters. The van der Waals surface area contributed by atoms with Gasteiger partial charge in [0.1, 0.15) is 0 Å². The lowest BCUT2D eigenvalue weighted by molar-refractivity contribution is 0.277. The minimum atomic E-state index is -1.44. The number of benzene rings is 2. The number of hydrogen-bond acceptors (Lipinski definition) is 5. The maximum Gasteiger partial charge on any atom is 0.189 e. The van der Waals surface area contributed by atoms with Gasteiger partial charge in [0.15, 0.2) is 11.1 Å². The van der Waals surface area contributed by atoms with Crippen LogP contribution in [0.5, 0.6) is 0 Å². The van der Waals surface area contributed by atoms with Gasteiger partial charge in [-0.3, -0.25) is 4.18 Å². The molecule has 0 heterocycles. The van der Waals surface area contributed by atoms with Crippen LogP contribution in [0.25, 0.3) is 12.2 Å². The Morgan fingerprint density at radius 1 is 0.862 bits per heavy atom. The predicted octanol–water partition coefficient (Wildman–Crippen LogP) is 3.88. The zero-order valence-corrected chi connectivity index (χ0v) is 17.8. The second-order valence-corrected chi connectivity index (χ2v) is 8.01. The molecular weight excluding hydrogens is 386 g/mol. The van der Waals surface area contributed by atoms with Gasteiger partial charge in [0.2, 0.25) is 0 Å². The van der Waals surface area contributed by atoms with Crippen molar-refractivity contribution >= 4 is 28.9 Å². The highest BCUT2D eigenvalue weighted by Crippen LogP contribution is 2.17. The van der Waals surface area contributed by atoms with Crippen LogP contribution in [-0.2, 0) is 15.3 Å². The van der Waals surface area contributed by atoms with Gasteiger partial charge in [-0.2, -0.15) is 0 Å². The first-order chi connectivity index (χ1) is 14.1. The average Bonchev–Trinajstić information content (AvgIpc) is 2.75. The number of anilines is 1. The van der Waals surface area contributed by atoms with Gasteiger partial charge in [-0.25, -0.2) is 4.21 Å². The molecule has 6 heteroatoms. The third-order valence-corrected chi connectivity index (χ3v) is 5.59. The topological polar surface area (TPSA) is 70.0 Å². The fourth-order valence-electron chi connectivity index (χ4n) is 2.77. The molecule has 29 heavy (non-hydrogen) atoms. The number of rotatable bonds is 13. The van der Waals surface area contributed by atoms with E-state index in [-0.39, 0.29) is 13.2 Å². The van der Waals surface area contributed by atoms with Crippen molar-refractivity contribution in [2.45, 2.75) is 30.6 Å². The highest BCUT2D eigenvalue weighted by molar-refractivity contribution is 7.80. The first kappa shape index (κ1) is 23.3. The van der Waals surface area contributed by atoms with Gasteiger partial charge < -0.3 is 15.1 Å². The van der Waals surface area contributed by atoms with E-state index in [1.165, 1.54) is 0 Å². The number of likely N-dealkylation sites (N-methyl/N-ethyl adjacent to an activating group) is 1. The van der Waals surface area contributed by atoms with Crippen molar-refractivity contribution in [3.05, 3.63) is 59.7 Å². The van der Waals surface area contributed by atoms with Crippen molar-refractivity contribution in [2.24, 2.45) is 0 Å². The molecule has 2 rings (SSSR count). The maximum atomic E-state index is 12.2. The van der Waals surface area contributed by atoms with Crippen molar-refractivity contribution in [2.75, 3.05) is 38.3 Å². The molecule has 0 aliphatic carbocycles. The number of hydrogen-bond donors (Lipinski definition) is 2. The summed E-state index contributed by atoms with van der Waals surface area (Å²) >= 11 is -1.44. The highest BCUT2D eigenvalue weighted by atomic mass is 32.2. The predicted molar refractivity (Wildman–Crippen MR) is 120 cm³/mol. The Balaban J connectivity index is 1.82. The zero-order chi connectivity index (χ0) is 20.9. The smallest absolute Gasteiger partial charge is 0.189 e. The van der Waals surface area contributed by atoms with Crippen LogP contribution in [0.15, 0.2) is 53.4 Å². The molecule has 0 aliphatic rings. The summed E-state index contributed by atoms with van der Waals surface area (Å²) in [6, 6.07) is 15.7. The van der Waals surface area contributed by atoms with Gasteiger partial charge >= 0.3 is 0 Å². The Bertz CT molecular complexity index is 759. The second kappa shape index (κ2) is 13.3. The van der Waals surface area contributed by atoms with Gasteiger partial charge in [-0.15, -0.1) is 0 Å². The summed E-state index contributed by atoms with van der Waals surface area (Å²) in [5, 5.41) is 17.8. The molecule has 0 aromatic heterocycles. The molecule has 0 aliphatic heterocycles. The molecule has 0 fully saturated rings. The Labute approximate surface area is 176 Å². The summed E-state index contributed by atoms with van der Waals surface area (Å²) in [7, 11) is 1.95. The maximum absolute atomic E-state index is 12.2. The van der Waals surface area contributed by atoms with Crippen molar-refractivity contribution in [3.63, 3.8) is 0 Å². The summed E-state index contributed by atoms with van der Waals surface area (Å²) in [5.41, 5.74) is 3.18. The largest absolute Gasteiger partial charge is 0.396 e. The van der Waals surface area contributed by atoms with Crippen molar-refractivity contribution in [1.82, 2.24) is 0 Å². The van der Waals surface area contributed by atoms with E-state index in [9.17, 15) is 4.21 Å². The lowest BCUT2D eigenvalue weighted by Crippen LogP contribution is -2.20. The summed E-state index contributed by atoms with van der Waals surface area (Å²) in [4.78, 5) is 2.66. The Morgan fingerprint density at radius 2 is 1.45 bits per heavy atom. The van der Waals surface area contributed by atoms with Gasteiger partial charge in [0.05, 0.1) is 18.1 Å². The van der Waals surface area contributed by atoms with E-state index in [1.807, 2.05) is 72.6 Å². The summed E-state index contributed by atoms with van der Waals surface area (Å²) in [6.07, 6.45) is 7.64. The summed E-state index contributed by atoms with van der Waals surface area (Å²) < 4.78 is 17.6. The standard InChI is InChI=1S/C23H31NO4S/c1-24(16-18-26)22-12-8-20(9-13-22)6-7-21-10-14-23(15-11-21)29(27)28-19-5-3-2-4-17-25/h6-15,25-26H,2-5,16-19H2,1H3/b7-6+. The number of aliphatic hydroxyl groups excluding tert-OH is 2. The van der Waals surface area contributed by atoms with Crippen LogP contribution in [0.1, 0.15) is 36.8 Å². The van der Waals surface area contributed by atoms with E-state index >= 15 is 0 Å². The Morgan fingerprint density at radius 3 is 2.03 bits per heavy atom. The second-order valence-electron chi connectivity index (χ2n) is 6.83. The number of unbranched alkanes of at least 4 members (excludes halogenated alkanes) is 3. The molecule has 0 spiro atoms. The van der Waals surface area contributed by atoms with Crippen LogP contribution < -0.4 is 4.90 Å². The van der Waals surface area contributed by atoms with Crippen molar-refractivity contribution in [1.29, 1.82) is 0 Å². The van der Waals surface area contributed by atoms with Crippen LogP contribution in [0.2, 0.25) is 0 Å². The van der Waals surface area contributed by atoms with E-state index in [2.05, 4.69) is 0 Å². The Hall–Kier alpha value is -1.99. The summed E-state index contributed by atoms with van der Waals surface area (Å²) in [6.45, 7) is 1.43. The van der Waals surface area contributed by atoms with E-state index in [4.69, 9.17) is 14.4 Å². The van der Waals surface area contributed by atoms with Crippen LogP contribution in [0.4, 0.5) is 5.69 Å². The van der Waals surface area contributed by atoms with E-state index < -0.39 is 11.1 Å². The van der Waals surface area contributed by atoms with E-state index in [1.54, 1.807) is 0 Å². The fraction of sp³-hybridized carbons (Fsp3) is 0.391. The first-order valence-electron chi connectivity index (χ1n) is 10.00. The molecule has 2 aromatic rings. The van der Waals surface area contributed by atoms with E-state index in [0.717, 1.165) is 42.5 Å². The quantitative estimate of drug-likeness (QED) is 0.382. The first-order valence-corrected chi connectivity index (χ1v) is 11.1. The van der Waals surface area contributed by atoms with Gasteiger partial charge in [-0.05, 0) is 48.2 Å². The van der Waals surface area contributed by atoms with E-state index in [0.29, 0.717) is 18.0 Å².